The zero-order chi connectivity index (χ0) is 17.2. The van der Waals surface area contributed by atoms with E-state index in [2.05, 4.69) is 35.6 Å². The Morgan fingerprint density at radius 1 is 1.08 bits per heavy atom. The van der Waals surface area contributed by atoms with Crippen LogP contribution in [0.3, 0.4) is 0 Å². The van der Waals surface area contributed by atoms with Gasteiger partial charge in [0, 0.05) is 31.6 Å². The van der Waals surface area contributed by atoms with Crippen molar-refractivity contribution in [2.75, 3.05) is 31.1 Å². The van der Waals surface area contributed by atoms with Gasteiger partial charge in [0.2, 0.25) is 5.91 Å². The first kappa shape index (κ1) is 16.4. The first-order valence-electron chi connectivity index (χ1n) is 8.37. The minimum Gasteiger partial charge on any atom is -0.352 e. The number of carbonyl (C=O) groups is 1. The Kier molecular flexibility index (Phi) is 4.51. The van der Waals surface area contributed by atoms with E-state index in [0.29, 0.717) is 13.1 Å². The molecule has 0 atom stereocenters. The molecular weight excluding hydrogens is 300 g/mol. The number of carbonyl (C=O) groups excluding carboxylic acids is 1. The number of allylic oxidation sites excluding steroid dienone is 1. The van der Waals surface area contributed by atoms with E-state index < -0.39 is 0 Å². The summed E-state index contributed by atoms with van der Waals surface area (Å²) in [5, 5.41) is 1.06. The van der Waals surface area contributed by atoms with Gasteiger partial charge in [0.15, 0.2) is 0 Å². The van der Waals surface area contributed by atoms with Gasteiger partial charge in [-0.05, 0) is 23.6 Å². The lowest BCUT2D eigenvalue weighted by molar-refractivity contribution is -0.126. The molecule has 0 N–H and O–H groups in total. The third-order valence-corrected chi connectivity index (χ3v) is 4.14. The number of rotatable bonds is 2. The highest BCUT2D eigenvalue weighted by atomic mass is 16.2. The van der Waals surface area contributed by atoms with Crippen molar-refractivity contribution >= 4 is 22.6 Å². The molecule has 1 saturated heterocycles. The number of hydrogen-bond acceptors (Lipinski definition) is 4. The number of fused-ring (bicyclic) bond motifs is 1. The molecule has 5 heteroatoms. The number of para-hydroxylation sites is 1. The summed E-state index contributed by atoms with van der Waals surface area (Å²) in [6.07, 6.45) is 5.29. The summed E-state index contributed by atoms with van der Waals surface area (Å²) in [5.41, 5.74) is 0.978. The lowest BCUT2D eigenvalue weighted by Gasteiger charge is -2.35. The molecule has 0 aliphatic carbocycles. The van der Waals surface area contributed by atoms with Gasteiger partial charge in [-0.3, -0.25) is 4.79 Å². The van der Waals surface area contributed by atoms with E-state index in [1.807, 2.05) is 35.2 Å². The maximum absolute atomic E-state index is 12.3. The summed E-state index contributed by atoms with van der Waals surface area (Å²) in [4.78, 5) is 25.2. The Balaban J connectivity index is 1.69. The van der Waals surface area contributed by atoms with Crippen LogP contribution >= 0.6 is 0 Å². The molecule has 1 aliphatic rings. The molecule has 1 amide bonds. The lowest BCUT2D eigenvalue weighted by atomic mass is 9.96. The van der Waals surface area contributed by atoms with Crippen molar-refractivity contribution in [2.45, 2.75) is 20.8 Å². The van der Waals surface area contributed by atoms with Crippen molar-refractivity contribution in [3.8, 4) is 0 Å². The van der Waals surface area contributed by atoms with E-state index in [1.54, 1.807) is 12.4 Å². The summed E-state index contributed by atoms with van der Waals surface area (Å²) in [6.45, 7) is 9.28. The number of anilines is 1. The van der Waals surface area contributed by atoms with Crippen LogP contribution in [0.1, 0.15) is 20.8 Å². The maximum atomic E-state index is 12.3. The molecule has 0 radical (unpaired) electrons. The fourth-order valence-corrected chi connectivity index (χ4v) is 2.81. The molecular formula is C19H24N4O. The minimum absolute atomic E-state index is 0.0252. The Labute approximate surface area is 143 Å². The van der Waals surface area contributed by atoms with Gasteiger partial charge in [-0.1, -0.05) is 39.0 Å². The van der Waals surface area contributed by atoms with E-state index in [0.717, 1.165) is 29.8 Å². The van der Waals surface area contributed by atoms with E-state index in [4.69, 9.17) is 0 Å². The van der Waals surface area contributed by atoms with Crippen LogP contribution in [0.25, 0.3) is 10.9 Å². The number of hydrogen-bond donors (Lipinski definition) is 0. The van der Waals surface area contributed by atoms with Crippen molar-refractivity contribution in [2.24, 2.45) is 5.41 Å². The van der Waals surface area contributed by atoms with Crippen molar-refractivity contribution < 1.29 is 4.79 Å². The van der Waals surface area contributed by atoms with E-state index >= 15 is 0 Å². The van der Waals surface area contributed by atoms with Crippen molar-refractivity contribution in [3.05, 3.63) is 42.7 Å². The molecule has 2 aromatic rings. The smallest absolute Gasteiger partial charge is 0.246 e. The summed E-state index contributed by atoms with van der Waals surface area (Å²) in [6, 6.07) is 8.04. The van der Waals surface area contributed by atoms with Gasteiger partial charge in [0.1, 0.15) is 12.1 Å². The van der Waals surface area contributed by atoms with Gasteiger partial charge >= 0.3 is 0 Å². The number of nitrogens with zero attached hydrogens (tertiary/aromatic N) is 4. The number of aromatic nitrogens is 2. The molecule has 3 rings (SSSR count). The van der Waals surface area contributed by atoms with Crippen molar-refractivity contribution in [1.29, 1.82) is 0 Å². The van der Waals surface area contributed by atoms with Crippen LogP contribution in [0.15, 0.2) is 42.7 Å². The molecule has 0 unspecified atom stereocenters. The van der Waals surface area contributed by atoms with Crippen LogP contribution < -0.4 is 4.90 Å². The second kappa shape index (κ2) is 6.59. The average Bonchev–Trinajstić information content (AvgIpc) is 2.59. The summed E-state index contributed by atoms with van der Waals surface area (Å²) < 4.78 is 0. The summed E-state index contributed by atoms with van der Waals surface area (Å²) in [5.74, 6) is 1.05. The molecule has 1 aliphatic heterocycles. The van der Waals surface area contributed by atoms with Crippen molar-refractivity contribution in [3.63, 3.8) is 0 Å². The van der Waals surface area contributed by atoms with Crippen LogP contribution in [0.5, 0.6) is 0 Å². The minimum atomic E-state index is 0.0252. The third-order valence-electron chi connectivity index (χ3n) is 4.14. The molecule has 2 heterocycles. The predicted molar refractivity (Wildman–Crippen MR) is 96.9 cm³/mol. The second-order valence-electron chi connectivity index (χ2n) is 7.23. The van der Waals surface area contributed by atoms with Gasteiger partial charge in [0.25, 0.3) is 0 Å². The van der Waals surface area contributed by atoms with Crippen LogP contribution in [-0.2, 0) is 4.79 Å². The first-order valence-corrected chi connectivity index (χ1v) is 8.37. The van der Waals surface area contributed by atoms with Gasteiger partial charge in [0.05, 0.1) is 5.52 Å². The Morgan fingerprint density at radius 3 is 2.50 bits per heavy atom. The Hall–Kier alpha value is -2.43. The zero-order valence-electron chi connectivity index (χ0n) is 14.6. The van der Waals surface area contributed by atoms with E-state index in [1.165, 1.54) is 0 Å². The summed E-state index contributed by atoms with van der Waals surface area (Å²) in [7, 11) is 0. The molecule has 24 heavy (non-hydrogen) atoms. The second-order valence-corrected chi connectivity index (χ2v) is 7.23. The standard InChI is InChI=1S/C19H24N4O/c1-19(2,3)9-8-17(24)22-10-12-23(13-11-22)18-15-6-4-5-7-16(15)20-14-21-18/h4-9,14H,10-13H2,1-3H3/b9-8+. The van der Waals surface area contributed by atoms with Crippen LogP contribution in [0, 0.1) is 5.41 Å². The number of benzene rings is 1. The normalized spacial score (nSPS) is 16.1. The van der Waals surface area contributed by atoms with E-state index in [9.17, 15) is 4.79 Å². The van der Waals surface area contributed by atoms with E-state index in [-0.39, 0.29) is 11.3 Å². The molecule has 0 spiro atoms. The zero-order valence-corrected chi connectivity index (χ0v) is 14.6. The fourth-order valence-electron chi connectivity index (χ4n) is 2.81. The van der Waals surface area contributed by atoms with Gasteiger partial charge in [-0.15, -0.1) is 0 Å². The quantitative estimate of drug-likeness (QED) is 0.797. The van der Waals surface area contributed by atoms with Crippen LogP contribution in [-0.4, -0.2) is 47.0 Å². The monoisotopic (exact) mass is 324 g/mol. The molecule has 5 nitrogen and oxygen atoms in total. The molecule has 1 aromatic carbocycles. The predicted octanol–water partition coefficient (Wildman–Crippen LogP) is 2.88. The first-order chi connectivity index (χ1) is 11.4. The largest absolute Gasteiger partial charge is 0.352 e. The summed E-state index contributed by atoms with van der Waals surface area (Å²) >= 11 is 0. The highest BCUT2D eigenvalue weighted by molar-refractivity contribution is 5.90. The van der Waals surface area contributed by atoms with Crippen molar-refractivity contribution in [1.82, 2.24) is 14.9 Å². The SMILES string of the molecule is CC(C)(C)/C=C/C(=O)N1CCN(c2ncnc3ccccc23)CC1. The van der Waals surface area contributed by atoms with Crippen LogP contribution in [0.4, 0.5) is 5.82 Å². The molecule has 1 fully saturated rings. The Morgan fingerprint density at radius 2 is 1.79 bits per heavy atom. The highest BCUT2D eigenvalue weighted by Gasteiger charge is 2.22. The molecule has 0 bridgehead atoms. The van der Waals surface area contributed by atoms with Gasteiger partial charge in [-0.2, -0.15) is 0 Å². The third kappa shape index (κ3) is 3.72. The lowest BCUT2D eigenvalue weighted by Crippen LogP contribution is -2.48. The maximum Gasteiger partial charge on any atom is 0.246 e. The Bertz CT molecular complexity index is 750. The molecule has 1 aromatic heterocycles. The molecule has 126 valence electrons. The number of piperazine rings is 1. The van der Waals surface area contributed by atoms with Crippen LogP contribution in [0.2, 0.25) is 0 Å². The fraction of sp³-hybridized carbons (Fsp3) is 0.421. The topological polar surface area (TPSA) is 49.3 Å². The van der Waals surface area contributed by atoms with Gasteiger partial charge in [-0.25, -0.2) is 9.97 Å². The molecule has 0 saturated carbocycles. The number of amides is 1. The average molecular weight is 324 g/mol. The highest BCUT2D eigenvalue weighted by Crippen LogP contribution is 2.23. The van der Waals surface area contributed by atoms with Gasteiger partial charge < -0.3 is 9.80 Å².